The standard InChI is InChI=1S/C11H15N3OS2/c1-3-5-6-14-10(13-8-15-4-2)9(7-12)17-11(14)16/h8H,3-6H2,1-2H3. The summed E-state index contributed by atoms with van der Waals surface area (Å²) in [6.07, 6.45) is 3.47. The van der Waals surface area contributed by atoms with Gasteiger partial charge in [0.25, 0.3) is 0 Å². The molecule has 0 spiro atoms. The molecule has 0 aromatic carbocycles. The maximum atomic E-state index is 9.02. The second-order valence-electron chi connectivity index (χ2n) is 3.33. The molecule has 0 amide bonds. The maximum absolute atomic E-state index is 9.02. The minimum absolute atomic E-state index is 0.544. The number of ether oxygens (including phenoxy) is 1. The SMILES string of the molecule is CCCCn1c(N=COCC)c(C#N)sc1=S. The molecule has 0 fully saturated rings. The Hall–Kier alpha value is -1.19. The number of hydrogen-bond donors (Lipinski definition) is 0. The second kappa shape index (κ2) is 7.20. The summed E-state index contributed by atoms with van der Waals surface area (Å²) in [6, 6.07) is 2.12. The number of nitrogens with zero attached hydrogens (tertiary/aromatic N) is 3. The number of thiazole rings is 1. The maximum Gasteiger partial charge on any atom is 0.176 e. The normalized spacial score (nSPS) is 10.6. The fraction of sp³-hybridized carbons (Fsp3) is 0.545. The molecule has 1 rings (SSSR count). The van der Waals surface area contributed by atoms with Crippen molar-refractivity contribution >= 4 is 35.8 Å². The predicted octanol–water partition coefficient (Wildman–Crippen LogP) is 3.65. The molecule has 6 heteroatoms. The van der Waals surface area contributed by atoms with E-state index in [1.165, 1.54) is 17.7 Å². The molecular formula is C11H15N3OS2. The van der Waals surface area contributed by atoms with Gasteiger partial charge >= 0.3 is 0 Å². The van der Waals surface area contributed by atoms with Gasteiger partial charge < -0.3 is 9.30 Å². The second-order valence-corrected chi connectivity index (χ2v) is 4.97. The van der Waals surface area contributed by atoms with Gasteiger partial charge in [-0.2, -0.15) is 5.26 Å². The molecular weight excluding hydrogens is 254 g/mol. The zero-order valence-corrected chi connectivity index (χ0v) is 11.6. The van der Waals surface area contributed by atoms with E-state index < -0.39 is 0 Å². The Morgan fingerprint density at radius 1 is 1.59 bits per heavy atom. The molecule has 1 aromatic rings. The Bertz CT molecular complexity index is 482. The first-order valence-electron chi connectivity index (χ1n) is 5.52. The Morgan fingerprint density at radius 2 is 2.35 bits per heavy atom. The molecule has 0 atom stereocenters. The fourth-order valence-electron chi connectivity index (χ4n) is 1.27. The third kappa shape index (κ3) is 3.65. The summed E-state index contributed by atoms with van der Waals surface area (Å²) in [6.45, 7) is 5.36. The molecule has 0 bridgehead atoms. The van der Waals surface area contributed by atoms with Crippen molar-refractivity contribution in [3.05, 3.63) is 8.83 Å². The lowest BCUT2D eigenvalue weighted by Crippen LogP contribution is -1.97. The van der Waals surface area contributed by atoms with Crippen LogP contribution in [-0.4, -0.2) is 17.6 Å². The summed E-state index contributed by atoms with van der Waals surface area (Å²) < 4.78 is 7.66. The predicted molar refractivity (Wildman–Crippen MR) is 72.5 cm³/mol. The van der Waals surface area contributed by atoms with Crippen LogP contribution in [0.2, 0.25) is 0 Å². The van der Waals surface area contributed by atoms with Crippen molar-refractivity contribution in [3.8, 4) is 6.07 Å². The van der Waals surface area contributed by atoms with Crippen LogP contribution in [0.1, 0.15) is 31.6 Å². The van der Waals surface area contributed by atoms with E-state index in [4.69, 9.17) is 22.2 Å². The van der Waals surface area contributed by atoms with E-state index in [0.717, 1.165) is 19.4 Å². The van der Waals surface area contributed by atoms with Gasteiger partial charge in [-0.3, -0.25) is 0 Å². The van der Waals surface area contributed by atoms with Gasteiger partial charge in [0.15, 0.2) is 21.0 Å². The Kier molecular flexibility index (Phi) is 5.87. The highest BCUT2D eigenvalue weighted by atomic mass is 32.1. The third-order valence-corrected chi connectivity index (χ3v) is 3.46. The van der Waals surface area contributed by atoms with Gasteiger partial charge in [-0.15, -0.1) is 0 Å². The number of unbranched alkanes of at least 4 members (excludes halogenated alkanes) is 1. The lowest BCUT2D eigenvalue weighted by atomic mass is 10.3. The minimum atomic E-state index is 0.544. The molecule has 0 aliphatic rings. The first-order valence-corrected chi connectivity index (χ1v) is 6.74. The van der Waals surface area contributed by atoms with E-state index in [1.54, 1.807) is 0 Å². The van der Waals surface area contributed by atoms with Crippen LogP contribution < -0.4 is 0 Å². The van der Waals surface area contributed by atoms with Crippen molar-refractivity contribution < 1.29 is 4.74 Å². The van der Waals surface area contributed by atoms with Gasteiger partial charge in [0, 0.05) is 6.54 Å². The number of aliphatic imine (C=N–C) groups is 1. The van der Waals surface area contributed by atoms with Crippen LogP contribution in [0, 0.1) is 15.3 Å². The van der Waals surface area contributed by atoms with Crippen molar-refractivity contribution in [2.75, 3.05) is 6.61 Å². The van der Waals surface area contributed by atoms with Crippen molar-refractivity contribution in [1.29, 1.82) is 5.26 Å². The summed E-state index contributed by atoms with van der Waals surface area (Å²) in [7, 11) is 0. The highest BCUT2D eigenvalue weighted by Gasteiger charge is 2.10. The molecule has 0 N–H and O–H groups in total. The first kappa shape index (κ1) is 13.9. The molecule has 0 saturated heterocycles. The molecule has 0 saturated carbocycles. The van der Waals surface area contributed by atoms with Crippen molar-refractivity contribution in [3.63, 3.8) is 0 Å². The monoisotopic (exact) mass is 269 g/mol. The lowest BCUT2D eigenvalue weighted by Gasteiger charge is -2.03. The van der Waals surface area contributed by atoms with Crippen molar-refractivity contribution in [1.82, 2.24) is 4.57 Å². The zero-order chi connectivity index (χ0) is 12.7. The summed E-state index contributed by atoms with van der Waals surface area (Å²) in [4.78, 5) is 4.72. The average molecular weight is 269 g/mol. The molecule has 92 valence electrons. The third-order valence-electron chi connectivity index (χ3n) is 2.12. The molecule has 0 radical (unpaired) electrons. The smallest absolute Gasteiger partial charge is 0.176 e. The summed E-state index contributed by atoms with van der Waals surface area (Å²) in [5.74, 6) is 0.615. The van der Waals surface area contributed by atoms with Crippen molar-refractivity contribution in [2.45, 2.75) is 33.2 Å². The van der Waals surface area contributed by atoms with Crippen LogP contribution in [0.25, 0.3) is 0 Å². The van der Waals surface area contributed by atoms with E-state index in [0.29, 0.717) is 21.3 Å². The Balaban J connectivity index is 3.05. The number of aromatic nitrogens is 1. The van der Waals surface area contributed by atoms with E-state index in [2.05, 4.69) is 18.0 Å². The van der Waals surface area contributed by atoms with Gasteiger partial charge in [-0.25, -0.2) is 4.99 Å². The highest BCUT2D eigenvalue weighted by molar-refractivity contribution is 7.73. The molecule has 0 aliphatic heterocycles. The fourth-order valence-corrected chi connectivity index (χ4v) is 2.46. The summed E-state index contributed by atoms with van der Waals surface area (Å²) >= 11 is 6.53. The van der Waals surface area contributed by atoms with Gasteiger partial charge in [-0.05, 0) is 25.6 Å². The number of hydrogen-bond acceptors (Lipinski definition) is 5. The molecule has 0 unspecified atom stereocenters. The van der Waals surface area contributed by atoms with Crippen LogP contribution in [-0.2, 0) is 11.3 Å². The summed E-state index contributed by atoms with van der Waals surface area (Å²) in [5, 5.41) is 9.02. The minimum Gasteiger partial charge on any atom is -0.483 e. The highest BCUT2D eigenvalue weighted by Crippen LogP contribution is 2.27. The van der Waals surface area contributed by atoms with E-state index in [1.807, 2.05) is 11.5 Å². The average Bonchev–Trinajstić information content (AvgIpc) is 2.63. The molecule has 1 aromatic heterocycles. The van der Waals surface area contributed by atoms with Crippen LogP contribution in [0.4, 0.5) is 5.82 Å². The van der Waals surface area contributed by atoms with Gasteiger partial charge in [0.2, 0.25) is 0 Å². The van der Waals surface area contributed by atoms with Gasteiger partial charge in [0.1, 0.15) is 6.07 Å². The number of nitriles is 1. The largest absolute Gasteiger partial charge is 0.483 e. The number of rotatable bonds is 6. The first-order chi connectivity index (χ1) is 8.24. The van der Waals surface area contributed by atoms with Gasteiger partial charge in [0.05, 0.1) is 6.61 Å². The Labute approximate surface area is 110 Å². The van der Waals surface area contributed by atoms with E-state index in [9.17, 15) is 0 Å². The van der Waals surface area contributed by atoms with Crippen LogP contribution in [0.5, 0.6) is 0 Å². The van der Waals surface area contributed by atoms with E-state index in [-0.39, 0.29) is 0 Å². The lowest BCUT2D eigenvalue weighted by molar-refractivity contribution is 0.343. The van der Waals surface area contributed by atoms with Gasteiger partial charge in [-0.1, -0.05) is 24.7 Å². The molecule has 17 heavy (non-hydrogen) atoms. The molecule has 4 nitrogen and oxygen atoms in total. The van der Waals surface area contributed by atoms with Crippen LogP contribution in [0.15, 0.2) is 4.99 Å². The molecule has 0 aliphatic carbocycles. The zero-order valence-electron chi connectivity index (χ0n) is 9.97. The van der Waals surface area contributed by atoms with E-state index >= 15 is 0 Å². The topological polar surface area (TPSA) is 50.3 Å². The summed E-state index contributed by atoms with van der Waals surface area (Å²) in [5.41, 5.74) is 0. The van der Waals surface area contributed by atoms with Crippen molar-refractivity contribution in [2.24, 2.45) is 4.99 Å². The Morgan fingerprint density at radius 3 is 2.94 bits per heavy atom. The quantitative estimate of drug-likeness (QED) is 0.450. The van der Waals surface area contributed by atoms with Crippen LogP contribution >= 0.6 is 23.6 Å². The molecule has 1 heterocycles. The van der Waals surface area contributed by atoms with Crippen LogP contribution in [0.3, 0.4) is 0 Å².